The largest absolute Gasteiger partial charge is 0.417 e. The number of hydrogen-bond donors (Lipinski definition) is 1. The SMILES string of the molecule is Nc1cccc(C(F)(F)F)c1C=O. The summed E-state index contributed by atoms with van der Waals surface area (Å²) < 4.78 is 36.6. The van der Waals surface area contributed by atoms with Gasteiger partial charge in [0.05, 0.1) is 5.56 Å². The number of halogens is 3. The first kappa shape index (κ1) is 9.57. The minimum Gasteiger partial charge on any atom is -0.398 e. The van der Waals surface area contributed by atoms with Gasteiger partial charge in [-0.2, -0.15) is 13.2 Å². The molecule has 13 heavy (non-hydrogen) atoms. The molecule has 0 amide bonds. The predicted molar refractivity (Wildman–Crippen MR) is 41.2 cm³/mol. The summed E-state index contributed by atoms with van der Waals surface area (Å²) in [5.41, 5.74) is 3.53. The van der Waals surface area contributed by atoms with Crippen LogP contribution in [0.3, 0.4) is 0 Å². The Labute approximate surface area is 72.2 Å². The Morgan fingerprint density at radius 3 is 2.31 bits per heavy atom. The minimum absolute atomic E-state index is 0.109. The molecule has 2 N–H and O–H groups in total. The Morgan fingerprint density at radius 1 is 1.31 bits per heavy atom. The quantitative estimate of drug-likeness (QED) is 0.543. The third-order valence-electron chi connectivity index (χ3n) is 1.56. The molecule has 0 atom stereocenters. The van der Waals surface area contributed by atoms with E-state index < -0.39 is 17.3 Å². The van der Waals surface area contributed by atoms with E-state index in [1.54, 1.807) is 0 Å². The Hall–Kier alpha value is -1.52. The molecule has 0 heterocycles. The van der Waals surface area contributed by atoms with Crippen LogP contribution in [0.5, 0.6) is 0 Å². The maximum Gasteiger partial charge on any atom is 0.417 e. The molecule has 70 valence electrons. The van der Waals surface area contributed by atoms with Gasteiger partial charge in [-0.15, -0.1) is 0 Å². The van der Waals surface area contributed by atoms with E-state index >= 15 is 0 Å². The molecular weight excluding hydrogens is 183 g/mol. The van der Waals surface area contributed by atoms with E-state index in [0.717, 1.165) is 12.1 Å². The maximum absolute atomic E-state index is 12.2. The third-order valence-corrected chi connectivity index (χ3v) is 1.56. The first-order valence-corrected chi connectivity index (χ1v) is 3.37. The molecule has 0 spiro atoms. The van der Waals surface area contributed by atoms with Crippen molar-refractivity contribution < 1.29 is 18.0 Å². The van der Waals surface area contributed by atoms with Crippen molar-refractivity contribution in [2.24, 2.45) is 0 Å². The van der Waals surface area contributed by atoms with E-state index in [0.29, 0.717) is 0 Å². The van der Waals surface area contributed by atoms with Gasteiger partial charge in [0.15, 0.2) is 6.29 Å². The Bertz CT molecular complexity index is 333. The van der Waals surface area contributed by atoms with Gasteiger partial charge in [-0.05, 0) is 12.1 Å². The molecule has 0 aliphatic heterocycles. The van der Waals surface area contributed by atoms with E-state index in [1.807, 2.05) is 0 Å². The van der Waals surface area contributed by atoms with Crippen LogP contribution in [-0.2, 0) is 6.18 Å². The van der Waals surface area contributed by atoms with E-state index in [-0.39, 0.29) is 12.0 Å². The van der Waals surface area contributed by atoms with Crippen molar-refractivity contribution in [2.45, 2.75) is 6.18 Å². The zero-order valence-corrected chi connectivity index (χ0v) is 6.43. The highest BCUT2D eigenvalue weighted by atomic mass is 19.4. The molecule has 0 saturated carbocycles. The second-order valence-corrected chi connectivity index (χ2v) is 2.42. The Balaban J connectivity index is 3.37. The number of nitrogen functional groups attached to an aromatic ring is 1. The molecule has 0 fully saturated rings. The molecule has 0 radical (unpaired) electrons. The summed E-state index contributed by atoms with van der Waals surface area (Å²) in [4.78, 5) is 10.3. The molecule has 0 bridgehead atoms. The van der Waals surface area contributed by atoms with Crippen LogP contribution in [0.4, 0.5) is 18.9 Å². The predicted octanol–water partition coefficient (Wildman–Crippen LogP) is 2.10. The van der Waals surface area contributed by atoms with Gasteiger partial charge in [-0.25, -0.2) is 0 Å². The molecule has 2 nitrogen and oxygen atoms in total. The smallest absolute Gasteiger partial charge is 0.398 e. The van der Waals surface area contributed by atoms with Gasteiger partial charge < -0.3 is 5.73 Å². The van der Waals surface area contributed by atoms with Crippen LogP contribution in [0, 0.1) is 0 Å². The summed E-state index contributed by atoms with van der Waals surface area (Å²) >= 11 is 0. The van der Waals surface area contributed by atoms with Crippen LogP contribution in [0.15, 0.2) is 18.2 Å². The average molecular weight is 189 g/mol. The van der Waals surface area contributed by atoms with Crippen molar-refractivity contribution in [3.8, 4) is 0 Å². The van der Waals surface area contributed by atoms with Crippen LogP contribution >= 0.6 is 0 Å². The fourth-order valence-electron chi connectivity index (χ4n) is 0.962. The Morgan fingerprint density at radius 2 is 1.92 bits per heavy atom. The maximum atomic E-state index is 12.2. The number of benzene rings is 1. The molecule has 0 aromatic heterocycles. The first-order chi connectivity index (χ1) is 5.96. The molecule has 0 aliphatic rings. The number of aldehydes is 1. The van der Waals surface area contributed by atoms with Crippen molar-refractivity contribution in [1.29, 1.82) is 0 Å². The highest BCUT2D eigenvalue weighted by Gasteiger charge is 2.33. The van der Waals surface area contributed by atoms with Crippen molar-refractivity contribution in [2.75, 3.05) is 5.73 Å². The zero-order chi connectivity index (χ0) is 10.1. The molecule has 1 rings (SSSR count). The fraction of sp³-hybridized carbons (Fsp3) is 0.125. The van der Waals surface area contributed by atoms with Crippen LogP contribution in [-0.4, -0.2) is 6.29 Å². The minimum atomic E-state index is -4.54. The van der Waals surface area contributed by atoms with Crippen LogP contribution in [0.1, 0.15) is 15.9 Å². The lowest BCUT2D eigenvalue weighted by atomic mass is 10.1. The van der Waals surface area contributed by atoms with Gasteiger partial charge in [0.2, 0.25) is 0 Å². The van der Waals surface area contributed by atoms with Crippen molar-refractivity contribution in [1.82, 2.24) is 0 Å². The fourth-order valence-corrected chi connectivity index (χ4v) is 0.962. The summed E-state index contributed by atoms with van der Waals surface area (Å²) in [6.07, 6.45) is -4.43. The molecule has 5 heteroatoms. The summed E-state index contributed by atoms with van der Waals surface area (Å²) in [5.74, 6) is 0. The van der Waals surface area contributed by atoms with E-state index in [9.17, 15) is 18.0 Å². The van der Waals surface area contributed by atoms with Gasteiger partial charge in [-0.1, -0.05) is 6.07 Å². The summed E-state index contributed by atoms with van der Waals surface area (Å²) in [6, 6.07) is 3.23. The van der Waals surface area contributed by atoms with Crippen molar-refractivity contribution in [3.63, 3.8) is 0 Å². The monoisotopic (exact) mass is 189 g/mol. The highest BCUT2D eigenvalue weighted by Crippen LogP contribution is 2.33. The van der Waals surface area contributed by atoms with E-state index in [2.05, 4.69) is 0 Å². The van der Waals surface area contributed by atoms with Gasteiger partial charge in [0, 0.05) is 11.3 Å². The number of hydrogen-bond acceptors (Lipinski definition) is 2. The van der Waals surface area contributed by atoms with Gasteiger partial charge >= 0.3 is 6.18 Å². The average Bonchev–Trinajstić information content (AvgIpc) is 2.02. The van der Waals surface area contributed by atoms with Crippen molar-refractivity contribution >= 4 is 12.0 Å². The number of nitrogens with two attached hydrogens (primary N) is 1. The normalized spacial score (nSPS) is 11.3. The number of anilines is 1. The highest BCUT2D eigenvalue weighted by molar-refractivity contribution is 5.85. The molecule has 0 saturated heterocycles. The molecule has 1 aromatic carbocycles. The molecular formula is C8H6F3NO. The van der Waals surface area contributed by atoms with Crippen LogP contribution in [0.2, 0.25) is 0 Å². The van der Waals surface area contributed by atoms with Gasteiger partial charge in [0.25, 0.3) is 0 Å². The lowest BCUT2D eigenvalue weighted by Gasteiger charge is -2.10. The lowest BCUT2D eigenvalue weighted by molar-refractivity contribution is -0.137. The van der Waals surface area contributed by atoms with Gasteiger partial charge in [0.1, 0.15) is 0 Å². The van der Waals surface area contributed by atoms with Crippen LogP contribution < -0.4 is 5.73 Å². The molecule has 0 unspecified atom stereocenters. The van der Waals surface area contributed by atoms with E-state index in [1.165, 1.54) is 6.07 Å². The standard InChI is InChI=1S/C8H6F3NO/c9-8(10,11)6-2-1-3-7(12)5(6)4-13/h1-4H,12H2. The summed E-state index contributed by atoms with van der Waals surface area (Å²) in [7, 11) is 0. The molecule has 1 aromatic rings. The Kier molecular flexibility index (Phi) is 2.27. The zero-order valence-electron chi connectivity index (χ0n) is 6.43. The summed E-state index contributed by atoms with van der Waals surface area (Å²) in [6.45, 7) is 0. The third kappa shape index (κ3) is 1.80. The lowest BCUT2D eigenvalue weighted by Crippen LogP contribution is -2.10. The number of rotatable bonds is 1. The topological polar surface area (TPSA) is 43.1 Å². The number of alkyl halides is 3. The second-order valence-electron chi connectivity index (χ2n) is 2.42. The molecule has 0 aliphatic carbocycles. The van der Waals surface area contributed by atoms with Crippen molar-refractivity contribution in [3.05, 3.63) is 29.3 Å². The number of carbonyl (C=O) groups excluding carboxylic acids is 1. The second kappa shape index (κ2) is 3.08. The number of carbonyl (C=O) groups is 1. The van der Waals surface area contributed by atoms with Gasteiger partial charge in [-0.3, -0.25) is 4.79 Å². The first-order valence-electron chi connectivity index (χ1n) is 3.37. The summed E-state index contributed by atoms with van der Waals surface area (Å²) in [5, 5.41) is 0. The van der Waals surface area contributed by atoms with E-state index in [4.69, 9.17) is 5.73 Å². The van der Waals surface area contributed by atoms with Crippen LogP contribution in [0.25, 0.3) is 0 Å².